The van der Waals surface area contributed by atoms with Crippen molar-refractivity contribution in [3.05, 3.63) is 0 Å². The Morgan fingerprint density at radius 1 is 1.55 bits per heavy atom. The zero-order chi connectivity index (χ0) is 9.07. The minimum absolute atomic E-state index is 0.135. The second-order valence-electron chi connectivity index (χ2n) is 2.43. The Bertz CT molecular complexity index is 234. The van der Waals surface area contributed by atoms with E-state index in [9.17, 15) is 12.6 Å². The van der Waals surface area contributed by atoms with Gasteiger partial charge in [0.2, 0.25) is 10.0 Å². The second-order valence-corrected chi connectivity index (χ2v) is 6.06. The topological polar surface area (TPSA) is 63.2 Å². The number of sulfonamides is 1. The molecule has 0 bridgehead atoms. The summed E-state index contributed by atoms with van der Waals surface area (Å²) in [6.07, 6.45) is 2.63. The summed E-state index contributed by atoms with van der Waals surface area (Å²) in [5.41, 5.74) is 0. The van der Waals surface area contributed by atoms with Gasteiger partial charge in [0, 0.05) is 28.9 Å². The predicted octanol–water partition coefficient (Wildman–Crippen LogP) is -0.697. The average Bonchev–Trinajstić information content (AvgIpc) is 1.80. The molecule has 0 aliphatic heterocycles. The third kappa shape index (κ3) is 6.46. The molecule has 11 heavy (non-hydrogen) atoms. The van der Waals surface area contributed by atoms with Gasteiger partial charge in [0.05, 0.1) is 6.26 Å². The smallest absolute Gasteiger partial charge is 0.208 e. The van der Waals surface area contributed by atoms with Gasteiger partial charge in [-0.25, -0.2) is 13.1 Å². The van der Waals surface area contributed by atoms with Crippen LogP contribution in [0.25, 0.3) is 0 Å². The van der Waals surface area contributed by atoms with E-state index >= 15 is 0 Å². The quantitative estimate of drug-likeness (QED) is 0.651. The molecule has 0 spiro atoms. The lowest BCUT2D eigenvalue weighted by atomic mass is 10.5. The van der Waals surface area contributed by atoms with Crippen molar-refractivity contribution < 1.29 is 12.6 Å². The van der Waals surface area contributed by atoms with E-state index in [-0.39, 0.29) is 11.8 Å². The molecule has 1 N–H and O–H groups in total. The van der Waals surface area contributed by atoms with Crippen molar-refractivity contribution in [3.8, 4) is 0 Å². The SMILES string of the molecule is CC(CNS(C)(=O)=O)S(C)=O. The van der Waals surface area contributed by atoms with E-state index in [1.165, 1.54) is 0 Å². The van der Waals surface area contributed by atoms with Gasteiger partial charge in [-0.15, -0.1) is 0 Å². The molecule has 0 radical (unpaired) electrons. The van der Waals surface area contributed by atoms with E-state index in [0.717, 1.165) is 6.26 Å². The van der Waals surface area contributed by atoms with E-state index in [0.29, 0.717) is 0 Å². The highest BCUT2D eigenvalue weighted by molar-refractivity contribution is 7.88. The lowest BCUT2D eigenvalue weighted by molar-refractivity contribution is 0.587. The summed E-state index contributed by atoms with van der Waals surface area (Å²) in [7, 11) is -4.11. The van der Waals surface area contributed by atoms with Gasteiger partial charge >= 0.3 is 0 Å². The fourth-order valence-corrected chi connectivity index (χ4v) is 1.36. The molecule has 0 saturated carbocycles. The van der Waals surface area contributed by atoms with Crippen LogP contribution in [-0.2, 0) is 20.8 Å². The van der Waals surface area contributed by atoms with Gasteiger partial charge in [-0.05, 0) is 6.92 Å². The Morgan fingerprint density at radius 2 is 2.00 bits per heavy atom. The lowest BCUT2D eigenvalue weighted by Crippen LogP contribution is -2.31. The lowest BCUT2D eigenvalue weighted by Gasteiger charge is -2.07. The molecular weight excluding hydrogens is 186 g/mol. The van der Waals surface area contributed by atoms with Crippen LogP contribution in [0.5, 0.6) is 0 Å². The third-order valence-electron chi connectivity index (χ3n) is 1.20. The van der Waals surface area contributed by atoms with Crippen LogP contribution in [0, 0.1) is 0 Å². The Morgan fingerprint density at radius 3 is 2.27 bits per heavy atom. The van der Waals surface area contributed by atoms with Crippen molar-refractivity contribution in [2.75, 3.05) is 19.1 Å². The monoisotopic (exact) mass is 199 g/mol. The van der Waals surface area contributed by atoms with Crippen molar-refractivity contribution in [1.29, 1.82) is 0 Å². The standard InChI is InChI=1S/C5H13NO3S2/c1-5(10(2)7)4-6-11(3,8)9/h5-6H,4H2,1-3H3. The van der Waals surface area contributed by atoms with Crippen LogP contribution in [0.15, 0.2) is 0 Å². The van der Waals surface area contributed by atoms with Crippen LogP contribution < -0.4 is 4.72 Å². The summed E-state index contributed by atoms with van der Waals surface area (Å²) >= 11 is 0. The van der Waals surface area contributed by atoms with Gasteiger partial charge in [0.1, 0.15) is 0 Å². The largest absolute Gasteiger partial charge is 0.260 e. The number of hydrogen-bond acceptors (Lipinski definition) is 3. The number of rotatable bonds is 4. The first-order chi connectivity index (χ1) is 4.83. The maximum atomic E-state index is 10.7. The van der Waals surface area contributed by atoms with Crippen LogP contribution >= 0.6 is 0 Å². The predicted molar refractivity (Wildman–Crippen MR) is 46.4 cm³/mol. The summed E-state index contributed by atoms with van der Waals surface area (Å²) in [6, 6.07) is 0. The molecule has 0 aromatic rings. The summed E-state index contributed by atoms with van der Waals surface area (Å²) in [5, 5.41) is -0.135. The molecule has 0 rings (SSSR count). The summed E-state index contributed by atoms with van der Waals surface area (Å²) in [4.78, 5) is 0. The Hall–Kier alpha value is 0.0600. The minimum atomic E-state index is -3.14. The normalized spacial score (nSPS) is 17.7. The van der Waals surface area contributed by atoms with Crippen LogP contribution in [-0.4, -0.2) is 36.9 Å². The first-order valence-corrected chi connectivity index (χ1v) is 6.61. The molecule has 0 aliphatic rings. The molecule has 0 heterocycles. The van der Waals surface area contributed by atoms with Gasteiger partial charge in [0.25, 0.3) is 0 Å². The van der Waals surface area contributed by atoms with Crippen LogP contribution in [0.4, 0.5) is 0 Å². The van der Waals surface area contributed by atoms with Crippen LogP contribution in [0.2, 0.25) is 0 Å². The summed E-state index contributed by atoms with van der Waals surface area (Å²) < 4.78 is 34.1. The molecule has 6 heteroatoms. The van der Waals surface area contributed by atoms with Gasteiger partial charge in [-0.3, -0.25) is 4.21 Å². The first kappa shape index (κ1) is 11.1. The molecule has 2 atom stereocenters. The zero-order valence-electron chi connectivity index (χ0n) is 6.83. The summed E-state index contributed by atoms with van der Waals surface area (Å²) in [6.45, 7) is 1.97. The van der Waals surface area contributed by atoms with Gasteiger partial charge < -0.3 is 0 Å². The van der Waals surface area contributed by atoms with Gasteiger partial charge in [-0.2, -0.15) is 0 Å². The van der Waals surface area contributed by atoms with Crippen molar-refractivity contribution in [2.45, 2.75) is 12.2 Å². The van der Waals surface area contributed by atoms with Gasteiger partial charge in [0.15, 0.2) is 0 Å². The Kier molecular flexibility index (Phi) is 4.20. The Balaban J connectivity index is 3.82. The van der Waals surface area contributed by atoms with Crippen LogP contribution in [0.1, 0.15) is 6.92 Å². The van der Waals surface area contributed by atoms with E-state index in [1.54, 1.807) is 13.2 Å². The fourth-order valence-electron chi connectivity index (χ4n) is 0.386. The summed E-state index contributed by atoms with van der Waals surface area (Å²) in [5.74, 6) is 0. The fraction of sp³-hybridized carbons (Fsp3) is 1.00. The zero-order valence-corrected chi connectivity index (χ0v) is 8.46. The molecule has 0 amide bonds. The van der Waals surface area contributed by atoms with Crippen LogP contribution in [0.3, 0.4) is 0 Å². The molecule has 4 nitrogen and oxygen atoms in total. The third-order valence-corrected chi connectivity index (χ3v) is 3.19. The molecule has 0 aliphatic carbocycles. The highest BCUT2D eigenvalue weighted by Gasteiger charge is 2.08. The molecule has 2 unspecified atom stereocenters. The average molecular weight is 199 g/mol. The van der Waals surface area contributed by atoms with Crippen molar-refractivity contribution >= 4 is 20.8 Å². The van der Waals surface area contributed by atoms with E-state index in [4.69, 9.17) is 0 Å². The van der Waals surface area contributed by atoms with E-state index < -0.39 is 20.8 Å². The minimum Gasteiger partial charge on any atom is -0.260 e. The van der Waals surface area contributed by atoms with E-state index in [2.05, 4.69) is 4.72 Å². The van der Waals surface area contributed by atoms with Crippen molar-refractivity contribution in [3.63, 3.8) is 0 Å². The highest BCUT2D eigenvalue weighted by Crippen LogP contribution is 1.90. The van der Waals surface area contributed by atoms with Crippen molar-refractivity contribution in [1.82, 2.24) is 4.72 Å². The maximum Gasteiger partial charge on any atom is 0.208 e. The maximum absolute atomic E-state index is 10.7. The Labute approximate surface area is 69.9 Å². The molecular formula is C5H13NO3S2. The molecule has 0 fully saturated rings. The van der Waals surface area contributed by atoms with E-state index in [1.807, 2.05) is 0 Å². The highest BCUT2D eigenvalue weighted by atomic mass is 32.2. The molecule has 0 aromatic carbocycles. The molecule has 68 valence electrons. The number of nitrogens with one attached hydrogen (secondary N) is 1. The second kappa shape index (κ2) is 4.18. The number of hydrogen-bond donors (Lipinski definition) is 1. The van der Waals surface area contributed by atoms with Gasteiger partial charge in [-0.1, -0.05) is 0 Å². The molecule has 0 aromatic heterocycles. The molecule has 0 saturated heterocycles. The first-order valence-electron chi connectivity index (χ1n) is 3.10. The van der Waals surface area contributed by atoms with Crippen molar-refractivity contribution in [2.24, 2.45) is 0 Å².